The van der Waals surface area contributed by atoms with Crippen LogP contribution in [0.25, 0.3) is 0 Å². The van der Waals surface area contributed by atoms with Gasteiger partial charge in [-0.2, -0.15) is 0 Å². The lowest BCUT2D eigenvalue weighted by atomic mass is 9.98. The largest absolute Gasteiger partial charge is 0.478 e. The van der Waals surface area contributed by atoms with Crippen molar-refractivity contribution in [3.05, 3.63) is 65.0 Å². The predicted molar refractivity (Wildman–Crippen MR) is 93.3 cm³/mol. The Labute approximate surface area is 160 Å². The van der Waals surface area contributed by atoms with Crippen LogP contribution in [0.5, 0.6) is 0 Å². The molecule has 0 aliphatic rings. The third kappa shape index (κ3) is 3.41. The van der Waals surface area contributed by atoms with Gasteiger partial charge in [0.15, 0.2) is 5.78 Å². The second-order valence-corrected chi connectivity index (χ2v) is 6.62. The fourth-order valence-corrected chi connectivity index (χ4v) is 3.25. The van der Waals surface area contributed by atoms with Crippen LogP contribution in [0.2, 0.25) is 30.1 Å². The number of carboxylic acid groups (broad SMARTS) is 1. The summed E-state index contributed by atoms with van der Waals surface area (Å²) < 4.78 is 0. The molecule has 0 aromatic heterocycles. The summed E-state index contributed by atoms with van der Waals surface area (Å²) in [5.41, 5.74) is -1.02. The summed E-state index contributed by atoms with van der Waals surface area (Å²) in [7, 11) is 0. The van der Waals surface area contributed by atoms with Crippen LogP contribution in [-0.2, 0) is 0 Å². The number of aromatic carboxylic acids is 1. The molecular weight excluding hydrogens is 429 g/mol. The second kappa shape index (κ2) is 7.06. The molecule has 0 saturated carbocycles. The van der Waals surface area contributed by atoms with Crippen molar-refractivity contribution in [3.63, 3.8) is 0 Å². The summed E-state index contributed by atoms with van der Waals surface area (Å²) in [6.45, 7) is 0. The van der Waals surface area contributed by atoms with Crippen molar-refractivity contribution >= 4 is 81.4 Å². The standard InChI is InChI=1S/C14H4Cl6O3/c15-4-1-2-6(16)5(3-4)13(21)7-8(14(22)23)10(18)12(20)11(19)9(7)17/h1-3H,(H,22,23). The van der Waals surface area contributed by atoms with Gasteiger partial charge in [0.1, 0.15) is 0 Å². The van der Waals surface area contributed by atoms with E-state index in [0.717, 1.165) is 0 Å². The van der Waals surface area contributed by atoms with Crippen molar-refractivity contribution < 1.29 is 14.7 Å². The van der Waals surface area contributed by atoms with Crippen LogP contribution in [0, 0.1) is 0 Å². The highest BCUT2D eigenvalue weighted by Gasteiger charge is 2.30. The summed E-state index contributed by atoms with van der Waals surface area (Å²) in [5.74, 6) is -2.28. The van der Waals surface area contributed by atoms with E-state index in [9.17, 15) is 14.7 Å². The van der Waals surface area contributed by atoms with Crippen molar-refractivity contribution in [2.75, 3.05) is 0 Å². The quantitative estimate of drug-likeness (QED) is 0.340. The molecule has 0 saturated heterocycles. The SMILES string of the molecule is O=C(O)c1c(Cl)c(Cl)c(Cl)c(Cl)c1C(=O)c1cc(Cl)ccc1Cl. The Morgan fingerprint density at radius 2 is 1.30 bits per heavy atom. The van der Waals surface area contributed by atoms with E-state index in [-0.39, 0.29) is 30.7 Å². The summed E-state index contributed by atoms with van der Waals surface area (Å²) in [6, 6.07) is 4.15. The van der Waals surface area contributed by atoms with E-state index in [1.807, 2.05) is 0 Å². The van der Waals surface area contributed by atoms with Crippen LogP contribution in [0.1, 0.15) is 26.3 Å². The fourth-order valence-electron chi connectivity index (χ4n) is 1.85. The first-order valence-corrected chi connectivity index (χ1v) is 8.02. The minimum atomic E-state index is -1.49. The minimum absolute atomic E-state index is 0.0435. The van der Waals surface area contributed by atoms with Crippen LogP contribution in [0.4, 0.5) is 0 Å². The highest BCUT2D eigenvalue weighted by molar-refractivity contribution is 6.54. The highest BCUT2D eigenvalue weighted by Crippen LogP contribution is 2.42. The first-order chi connectivity index (χ1) is 10.7. The summed E-state index contributed by atoms with van der Waals surface area (Å²) in [4.78, 5) is 24.2. The van der Waals surface area contributed by atoms with Crippen molar-refractivity contribution in [2.24, 2.45) is 0 Å². The molecule has 23 heavy (non-hydrogen) atoms. The predicted octanol–water partition coefficient (Wildman–Crippen LogP) is 6.54. The van der Waals surface area contributed by atoms with Crippen molar-refractivity contribution in [1.82, 2.24) is 0 Å². The normalized spacial score (nSPS) is 10.7. The van der Waals surface area contributed by atoms with Crippen molar-refractivity contribution in [2.45, 2.75) is 0 Å². The number of carbonyl (C=O) groups is 2. The molecule has 3 nitrogen and oxygen atoms in total. The number of benzene rings is 2. The first kappa shape index (κ1) is 18.7. The summed E-state index contributed by atoms with van der Waals surface area (Å²) in [6.07, 6.45) is 0. The van der Waals surface area contributed by atoms with Gasteiger partial charge in [-0.05, 0) is 18.2 Å². The van der Waals surface area contributed by atoms with E-state index in [4.69, 9.17) is 69.6 Å². The molecule has 120 valence electrons. The smallest absolute Gasteiger partial charge is 0.338 e. The van der Waals surface area contributed by atoms with Gasteiger partial charge in [-0.15, -0.1) is 0 Å². The average molecular weight is 433 g/mol. The number of carboxylic acids is 1. The molecule has 0 unspecified atom stereocenters. The molecule has 2 rings (SSSR count). The molecule has 0 bridgehead atoms. The van der Waals surface area contributed by atoms with Gasteiger partial charge >= 0.3 is 5.97 Å². The van der Waals surface area contributed by atoms with Crippen LogP contribution < -0.4 is 0 Å². The highest BCUT2D eigenvalue weighted by atomic mass is 35.5. The third-order valence-electron chi connectivity index (χ3n) is 2.88. The van der Waals surface area contributed by atoms with E-state index in [2.05, 4.69) is 0 Å². The minimum Gasteiger partial charge on any atom is -0.478 e. The number of carbonyl (C=O) groups excluding carboxylic acids is 1. The molecule has 9 heteroatoms. The van der Waals surface area contributed by atoms with Gasteiger partial charge in [0.05, 0.1) is 36.2 Å². The monoisotopic (exact) mass is 430 g/mol. The maximum atomic E-state index is 12.7. The Bertz CT molecular complexity index is 847. The average Bonchev–Trinajstić information content (AvgIpc) is 2.49. The molecular formula is C14H4Cl6O3. The topological polar surface area (TPSA) is 54.4 Å². The summed E-state index contributed by atoms with van der Waals surface area (Å²) >= 11 is 35.5. The Morgan fingerprint density at radius 1 is 0.783 bits per heavy atom. The number of ketones is 1. The number of rotatable bonds is 3. The zero-order chi connectivity index (χ0) is 17.5. The van der Waals surface area contributed by atoms with Crippen LogP contribution in [-0.4, -0.2) is 16.9 Å². The van der Waals surface area contributed by atoms with Crippen LogP contribution in [0.3, 0.4) is 0 Å². The van der Waals surface area contributed by atoms with Crippen molar-refractivity contribution in [3.8, 4) is 0 Å². The maximum Gasteiger partial charge on any atom is 0.338 e. The number of hydrogen-bond acceptors (Lipinski definition) is 2. The molecule has 0 fully saturated rings. The molecule has 0 atom stereocenters. The molecule has 2 aromatic rings. The molecule has 0 aliphatic carbocycles. The molecule has 0 heterocycles. The maximum absolute atomic E-state index is 12.7. The van der Waals surface area contributed by atoms with E-state index >= 15 is 0 Å². The third-order valence-corrected chi connectivity index (χ3v) is 5.25. The van der Waals surface area contributed by atoms with Crippen molar-refractivity contribution in [1.29, 1.82) is 0 Å². The lowest BCUT2D eigenvalue weighted by molar-refractivity contribution is 0.0693. The molecule has 0 amide bonds. The van der Waals surface area contributed by atoms with Gasteiger partial charge in [-0.3, -0.25) is 4.79 Å². The summed E-state index contributed by atoms with van der Waals surface area (Å²) in [5, 5.41) is 8.43. The van der Waals surface area contributed by atoms with Gasteiger partial charge in [0.25, 0.3) is 0 Å². The Kier molecular flexibility index (Phi) is 5.72. The molecule has 2 aromatic carbocycles. The van der Waals surface area contributed by atoms with Crippen LogP contribution in [0.15, 0.2) is 18.2 Å². The molecule has 0 aliphatic heterocycles. The van der Waals surface area contributed by atoms with Gasteiger partial charge in [-0.25, -0.2) is 4.79 Å². The van der Waals surface area contributed by atoms with E-state index < -0.39 is 27.9 Å². The number of halogens is 6. The lowest BCUT2D eigenvalue weighted by Gasteiger charge is -2.14. The molecule has 0 radical (unpaired) electrons. The number of hydrogen-bond donors (Lipinski definition) is 1. The zero-order valence-electron chi connectivity index (χ0n) is 10.8. The Hall–Kier alpha value is -0.680. The van der Waals surface area contributed by atoms with Crippen LogP contribution >= 0.6 is 69.6 Å². The fraction of sp³-hybridized carbons (Fsp3) is 0. The second-order valence-electron chi connectivity index (χ2n) is 4.26. The Morgan fingerprint density at radius 3 is 1.83 bits per heavy atom. The van der Waals surface area contributed by atoms with Gasteiger partial charge in [0.2, 0.25) is 0 Å². The zero-order valence-corrected chi connectivity index (χ0v) is 15.3. The van der Waals surface area contributed by atoms with E-state index in [0.29, 0.717) is 0 Å². The molecule has 1 N–H and O–H groups in total. The lowest BCUT2D eigenvalue weighted by Crippen LogP contribution is -2.13. The van der Waals surface area contributed by atoms with Gasteiger partial charge < -0.3 is 5.11 Å². The van der Waals surface area contributed by atoms with E-state index in [1.165, 1.54) is 18.2 Å². The Balaban J connectivity index is 2.84. The van der Waals surface area contributed by atoms with Gasteiger partial charge in [0, 0.05) is 10.6 Å². The first-order valence-electron chi connectivity index (χ1n) is 5.75. The molecule has 0 spiro atoms. The van der Waals surface area contributed by atoms with Gasteiger partial charge in [-0.1, -0.05) is 69.6 Å². The van der Waals surface area contributed by atoms with E-state index in [1.54, 1.807) is 0 Å².